The van der Waals surface area contributed by atoms with E-state index in [1.807, 2.05) is 65.2 Å². The van der Waals surface area contributed by atoms with E-state index < -0.39 is 0 Å². The number of carbonyl (C=O) groups excluding carboxylic acids is 1. The SMILES string of the molecule is N#Cc1c(NC(=O)c2ccccc2)n(Cc2ccccc2)c2nc3ccccc3nc12. The Balaban J connectivity index is 1.73. The van der Waals surface area contributed by atoms with Gasteiger partial charge in [0.1, 0.15) is 23.0 Å². The Morgan fingerprint density at radius 3 is 2.16 bits per heavy atom. The van der Waals surface area contributed by atoms with Crippen molar-refractivity contribution < 1.29 is 4.79 Å². The van der Waals surface area contributed by atoms with E-state index in [4.69, 9.17) is 9.97 Å². The average molecular weight is 403 g/mol. The zero-order chi connectivity index (χ0) is 21.2. The molecule has 6 heteroatoms. The lowest BCUT2D eigenvalue weighted by molar-refractivity contribution is 0.102. The van der Waals surface area contributed by atoms with Crippen LogP contribution in [-0.2, 0) is 6.54 Å². The van der Waals surface area contributed by atoms with Crippen LogP contribution in [0.15, 0.2) is 84.9 Å². The van der Waals surface area contributed by atoms with Crippen LogP contribution >= 0.6 is 0 Å². The molecule has 0 unspecified atom stereocenters. The van der Waals surface area contributed by atoms with E-state index in [1.165, 1.54) is 0 Å². The Morgan fingerprint density at radius 2 is 1.48 bits per heavy atom. The number of hydrogen-bond donors (Lipinski definition) is 1. The van der Waals surface area contributed by atoms with E-state index in [9.17, 15) is 10.1 Å². The number of carbonyl (C=O) groups is 1. The van der Waals surface area contributed by atoms with Gasteiger partial charge in [-0.25, -0.2) is 9.97 Å². The number of amides is 1. The zero-order valence-corrected chi connectivity index (χ0v) is 16.5. The topological polar surface area (TPSA) is 83.6 Å². The second-order valence-corrected chi connectivity index (χ2v) is 7.11. The van der Waals surface area contributed by atoms with Gasteiger partial charge in [-0.2, -0.15) is 5.26 Å². The molecule has 0 fully saturated rings. The molecule has 0 saturated heterocycles. The minimum absolute atomic E-state index is 0.293. The lowest BCUT2D eigenvalue weighted by Crippen LogP contribution is -2.16. The number of rotatable bonds is 4. The number of anilines is 1. The molecular weight excluding hydrogens is 386 g/mol. The highest BCUT2D eigenvalue weighted by Gasteiger charge is 2.22. The average Bonchev–Trinajstić information content (AvgIpc) is 3.10. The fraction of sp³-hybridized carbons (Fsp3) is 0.0400. The van der Waals surface area contributed by atoms with Crippen molar-refractivity contribution in [3.63, 3.8) is 0 Å². The van der Waals surface area contributed by atoms with Crippen LogP contribution in [0.3, 0.4) is 0 Å². The van der Waals surface area contributed by atoms with Crippen LogP contribution < -0.4 is 5.32 Å². The maximum Gasteiger partial charge on any atom is 0.256 e. The smallest absolute Gasteiger partial charge is 0.256 e. The number of nitrogens with one attached hydrogen (secondary N) is 1. The van der Waals surface area contributed by atoms with Crippen LogP contribution in [0, 0.1) is 11.3 Å². The van der Waals surface area contributed by atoms with Crippen molar-refractivity contribution in [2.75, 3.05) is 5.32 Å². The summed E-state index contributed by atoms with van der Waals surface area (Å²) in [6, 6.07) is 28.5. The molecule has 0 radical (unpaired) electrons. The van der Waals surface area contributed by atoms with E-state index in [0.29, 0.717) is 40.2 Å². The third-order valence-electron chi connectivity index (χ3n) is 5.11. The summed E-state index contributed by atoms with van der Waals surface area (Å²) in [5.74, 6) is 0.101. The molecule has 3 aromatic carbocycles. The van der Waals surface area contributed by atoms with Gasteiger partial charge < -0.3 is 9.88 Å². The van der Waals surface area contributed by atoms with Crippen molar-refractivity contribution in [1.82, 2.24) is 14.5 Å². The Bertz CT molecular complexity index is 1450. The summed E-state index contributed by atoms with van der Waals surface area (Å²) in [7, 11) is 0. The summed E-state index contributed by atoms with van der Waals surface area (Å²) in [6.07, 6.45) is 0. The number of aromatic nitrogens is 3. The zero-order valence-electron chi connectivity index (χ0n) is 16.5. The van der Waals surface area contributed by atoms with Crippen molar-refractivity contribution in [3.05, 3.63) is 102 Å². The first-order valence-corrected chi connectivity index (χ1v) is 9.84. The molecule has 0 atom stereocenters. The summed E-state index contributed by atoms with van der Waals surface area (Å²) in [6.45, 7) is 0.441. The van der Waals surface area contributed by atoms with Crippen molar-refractivity contribution in [2.24, 2.45) is 0 Å². The lowest BCUT2D eigenvalue weighted by Gasteiger charge is -2.12. The van der Waals surface area contributed by atoms with Crippen LogP contribution in [0.25, 0.3) is 22.2 Å². The Morgan fingerprint density at radius 1 is 0.871 bits per heavy atom. The van der Waals surface area contributed by atoms with E-state index in [0.717, 1.165) is 11.1 Å². The van der Waals surface area contributed by atoms with Gasteiger partial charge in [0.25, 0.3) is 5.91 Å². The van der Waals surface area contributed by atoms with Gasteiger partial charge in [-0.05, 0) is 29.8 Å². The maximum atomic E-state index is 12.9. The summed E-state index contributed by atoms with van der Waals surface area (Å²) in [5.41, 5.74) is 4.29. The van der Waals surface area contributed by atoms with Crippen LogP contribution in [0.1, 0.15) is 21.5 Å². The molecular formula is C25H17N5O. The minimum atomic E-state index is -0.293. The first-order valence-electron chi connectivity index (χ1n) is 9.84. The van der Waals surface area contributed by atoms with Crippen LogP contribution in [0.5, 0.6) is 0 Å². The molecule has 0 saturated carbocycles. The second kappa shape index (κ2) is 7.73. The molecule has 1 N–H and O–H groups in total. The number of benzene rings is 3. The van der Waals surface area contributed by atoms with Gasteiger partial charge in [-0.15, -0.1) is 0 Å². The highest BCUT2D eigenvalue weighted by Crippen LogP contribution is 2.30. The number of fused-ring (bicyclic) bond motifs is 2. The fourth-order valence-electron chi connectivity index (χ4n) is 3.62. The molecule has 0 spiro atoms. The molecule has 2 aromatic heterocycles. The van der Waals surface area contributed by atoms with Gasteiger partial charge in [-0.1, -0.05) is 60.7 Å². The number of hydrogen-bond acceptors (Lipinski definition) is 4. The molecule has 1 amide bonds. The van der Waals surface area contributed by atoms with E-state index in [-0.39, 0.29) is 5.91 Å². The molecule has 0 aliphatic heterocycles. The molecule has 6 nitrogen and oxygen atoms in total. The van der Waals surface area contributed by atoms with Crippen molar-refractivity contribution in [2.45, 2.75) is 6.54 Å². The van der Waals surface area contributed by atoms with Crippen molar-refractivity contribution in [3.8, 4) is 6.07 Å². The quantitative estimate of drug-likeness (QED) is 0.469. The minimum Gasteiger partial charge on any atom is -0.307 e. The molecule has 148 valence electrons. The van der Waals surface area contributed by atoms with E-state index >= 15 is 0 Å². The van der Waals surface area contributed by atoms with Crippen LogP contribution in [0.4, 0.5) is 5.82 Å². The Kier molecular flexibility index (Phi) is 4.62. The molecule has 31 heavy (non-hydrogen) atoms. The van der Waals surface area contributed by atoms with Gasteiger partial charge >= 0.3 is 0 Å². The summed E-state index contributed by atoms with van der Waals surface area (Å²) in [4.78, 5) is 22.4. The third kappa shape index (κ3) is 3.38. The van der Waals surface area contributed by atoms with E-state index in [1.54, 1.807) is 24.3 Å². The van der Waals surface area contributed by atoms with E-state index in [2.05, 4.69) is 11.4 Å². The number of nitrogens with zero attached hydrogens (tertiary/aromatic N) is 4. The largest absolute Gasteiger partial charge is 0.307 e. The molecule has 0 aliphatic rings. The standard InChI is InChI=1S/C25H17N5O/c26-15-19-22-24(28-21-14-8-7-13-20(21)27-22)30(16-17-9-3-1-4-10-17)23(19)29-25(31)18-11-5-2-6-12-18/h1-14H,16H2,(H,29,31). The summed E-state index contributed by atoms with van der Waals surface area (Å²) in [5, 5.41) is 12.9. The predicted octanol–water partition coefficient (Wildman–Crippen LogP) is 4.76. The van der Waals surface area contributed by atoms with Crippen LogP contribution in [0.2, 0.25) is 0 Å². The number of nitriles is 1. The number of para-hydroxylation sites is 2. The highest BCUT2D eigenvalue weighted by atomic mass is 16.1. The normalized spacial score (nSPS) is 10.8. The monoisotopic (exact) mass is 403 g/mol. The first-order chi connectivity index (χ1) is 15.2. The lowest BCUT2D eigenvalue weighted by atomic mass is 10.2. The molecule has 5 rings (SSSR count). The van der Waals surface area contributed by atoms with Crippen molar-refractivity contribution in [1.29, 1.82) is 5.26 Å². The summed E-state index contributed by atoms with van der Waals surface area (Å²) >= 11 is 0. The van der Waals surface area contributed by atoms with Crippen molar-refractivity contribution >= 4 is 33.9 Å². The van der Waals surface area contributed by atoms with Gasteiger partial charge in [0, 0.05) is 5.56 Å². The summed E-state index contributed by atoms with van der Waals surface area (Å²) < 4.78 is 1.85. The fourth-order valence-corrected chi connectivity index (χ4v) is 3.62. The second-order valence-electron chi connectivity index (χ2n) is 7.11. The Labute approximate surface area is 178 Å². The molecule has 2 heterocycles. The van der Waals surface area contributed by atoms with Gasteiger partial charge in [0.05, 0.1) is 17.6 Å². The van der Waals surface area contributed by atoms with Crippen LogP contribution in [-0.4, -0.2) is 20.4 Å². The van der Waals surface area contributed by atoms with Gasteiger partial charge in [0.2, 0.25) is 0 Å². The highest BCUT2D eigenvalue weighted by molar-refractivity contribution is 6.06. The maximum absolute atomic E-state index is 12.9. The molecule has 0 bridgehead atoms. The third-order valence-corrected chi connectivity index (χ3v) is 5.11. The Hall–Kier alpha value is -4.50. The van der Waals surface area contributed by atoms with Gasteiger partial charge in [-0.3, -0.25) is 4.79 Å². The first kappa shape index (κ1) is 18.5. The molecule has 5 aromatic rings. The molecule has 0 aliphatic carbocycles. The van der Waals surface area contributed by atoms with Gasteiger partial charge in [0.15, 0.2) is 5.65 Å². The predicted molar refractivity (Wildman–Crippen MR) is 120 cm³/mol.